The number of hydrogen-bond donors (Lipinski definition) is 0. The number of carbonyl (C=O) groups excluding carboxylic acids is 2. The summed E-state index contributed by atoms with van der Waals surface area (Å²) in [7, 11) is 0. The van der Waals surface area contributed by atoms with E-state index in [0.717, 1.165) is 11.3 Å². The van der Waals surface area contributed by atoms with Crippen molar-refractivity contribution in [2.75, 3.05) is 11.9 Å². The van der Waals surface area contributed by atoms with Crippen LogP contribution in [0.5, 0.6) is 0 Å². The predicted octanol–water partition coefficient (Wildman–Crippen LogP) is 3.78. The molecule has 7 heteroatoms. The van der Waals surface area contributed by atoms with Gasteiger partial charge in [0.25, 0.3) is 0 Å². The highest BCUT2D eigenvalue weighted by Crippen LogP contribution is 2.44. The molecule has 0 saturated carbocycles. The molecule has 3 atom stereocenters. The van der Waals surface area contributed by atoms with E-state index in [1.54, 1.807) is 4.90 Å². The largest absolute Gasteiger partial charge is 0.444 e. The van der Waals surface area contributed by atoms with Crippen molar-refractivity contribution >= 4 is 39.1 Å². The van der Waals surface area contributed by atoms with Gasteiger partial charge in [-0.1, -0.05) is 15.9 Å². The minimum Gasteiger partial charge on any atom is -0.444 e. The number of fused-ring (bicyclic) bond motifs is 2. The van der Waals surface area contributed by atoms with Crippen molar-refractivity contribution in [3.05, 3.63) is 21.9 Å². The van der Waals surface area contributed by atoms with E-state index in [0.29, 0.717) is 16.8 Å². The van der Waals surface area contributed by atoms with Crippen molar-refractivity contribution in [2.45, 2.75) is 51.0 Å². The molecule has 1 aromatic rings. The van der Waals surface area contributed by atoms with E-state index >= 15 is 0 Å². The maximum Gasteiger partial charge on any atom is 0.410 e. The van der Waals surface area contributed by atoms with Crippen LogP contribution in [0.2, 0.25) is 0 Å². The molecule has 0 N–H and O–H groups in total. The average molecular weight is 402 g/mol. The summed E-state index contributed by atoms with van der Waals surface area (Å²) < 4.78 is 11.5. The first-order chi connectivity index (χ1) is 10.8. The summed E-state index contributed by atoms with van der Waals surface area (Å²) in [6.45, 7) is 6.18. The fraction of sp³-hybridized carbons (Fsp3) is 0.625. The Bertz CT molecular complexity index is 624. The second kappa shape index (κ2) is 6.18. The first-order valence-electron chi connectivity index (χ1n) is 7.62. The van der Waals surface area contributed by atoms with Gasteiger partial charge in [0.2, 0.25) is 0 Å². The Morgan fingerprint density at radius 2 is 2.17 bits per heavy atom. The van der Waals surface area contributed by atoms with Crippen molar-refractivity contribution in [1.29, 1.82) is 0 Å². The Balaban J connectivity index is 1.74. The zero-order valence-electron chi connectivity index (χ0n) is 13.4. The molecule has 0 aromatic carbocycles. The van der Waals surface area contributed by atoms with E-state index in [2.05, 4.69) is 15.9 Å². The Labute approximate surface area is 148 Å². The van der Waals surface area contributed by atoms with Crippen molar-refractivity contribution in [3.63, 3.8) is 0 Å². The summed E-state index contributed by atoms with van der Waals surface area (Å²) in [5, 5.41) is 0.314. The minimum atomic E-state index is -0.506. The molecule has 2 aliphatic rings. The Morgan fingerprint density at radius 3 is 2.78 bits per heavy atom. The molecule has 2 aliphatic heterocycles. The summed E-state index contributed by atoms with van der Waals surface area (Å²) in [6.07, 6.45) is 0.425. The molecule has 1 aromatic heterocycles. The van der Waals surface area contributed by atoms with Crippen LogP contribution in [-0.2, 0) is 9.47 Å². The molecule has 2 fully saturated rings. The first kappa shape index (κ1) is 16.9. The Morgan fingerprint density at radius 1 is 1.43 bits per heavy atom. The molecule has 1 amide bonds. The number of amides is 1. The Kier molecular flexibility index (Phi) is 4.55. The molecule has 2 bridgehead atoms. The number of Topliss-reactive ketones (excluding diaryl/α,β-unsaturated/α-hetero) is 1. The van der Waals surface area contributed by atoms with E-state index in [1.165, 1.54) is 11.3 Å². The van der Waals surface area contributed by atoms with Crippen LogP contribution in [0.1, 0.15) is 47.8 Å². The molecule has 0 spiro atoms. The molecular weight excluding hydrogens is 382 g/mol. The van der Waals surface area contributed by atoms with Gasteiger partial charge in [0.1, 0.15) is 11.7 Å². The van der Waals surface area contributed by atoms with Crippen molar-refractivity contribution in [3.8, 4) is 0 Å². The smallest absolute Gasteiger partial charge is 0.410 e. The van der Waals surface area contributed by atoms with Gasteiger partial charge in [-0.15, -0.1) is 11.3 Å². The number of thiophene rings is 1. The highest BCUT2D eigenvalue weighted by Gasteiger charge is 2.50. The highest BCUT2D eigenvalue weighted by atomic mass is 79.9. The number of alkyl halides is 1. The van der Waals surface area contributed by atoms with Crippen LogP contribution in [0.4, 0.5) is 4.79 Å². The first-order valence-corrected chi connectivity index (χ1v) is 9.56. The number of nitrogens with zero attached hydrogens (tertiary/aromatic N) is 1. The highest BCUT2D eigenvalue weighted by molar-refractivity contribution is 9.09. The van der Waals surface area contributed by atoms with Gasteiger partial charge in [-0.25, -0.2) is 4.79 Å². The lowest BCUT2D eigenvalue weighted by molar-refractivity contribution is -0.0455. The zero-order valence-corrected chi connectivity index (χ0v) is 15.8. The molecule has 3 rings (SSSR count). The number of carbonyl (C=O) groups is 2. The monoisotopic (exact) mass is 401 g/mol. The number of likely N-dealkylation sites (tertiary alicyclic amines) is 1. The van der Waals surface area contributed by atoms with E-state index in [-0.39, 0.29) is 30.1 Å². The standard InChI is InChI=1S/C16H20BrNO4S/c1-16(2,3)22-15(20)18-8-9-6-10(18)14(21-9)13-5-4-12(23-13)11(19)7-17/h4-5,9-10,14H,6-8H2,1-3H3/t9-,10-,14-/m1/s1. The van der Waals surface area contributed by atoms with Crippen molar-refractivity contribution < 1.29 is 19.1 Å². The van der Waals surface area contributed by atoms with Gasteiger partial charge in [0, 0.05) is 4.88 Å². The molecule has 0 unspecified atom stereocenters. The molecule has 0 radical (unpaired) electrons. The van der Waals surface area contributed by atoms with Gasteiger partial charge < -0.3 is 9.47 Å². The quantitative estimate of drug-likeness (QED) is 0.571. The van der Waals surface area contributed by atoms with Crippen LogP contribution in [0.15, 0.2) is 12.1 Å². The van der Waals surface area contributed by atoms with Crippen LogP contribution < -0.4 is 0 Å². The third-order valence-corrected chi connectivity index (χ3v) is 5.62. The minimum absolute atomic E-state index is 0.0135. The van der Waals surface area contributed by atoms with Gasteiger partial charge in [-0.3, -0.25) is 9.69 Å². The zero-order chi connectivity index (χ0) is 16.8. The summed E-state index contributed by atoms with van der Waals surface area (Å²) in [5.41, 5.74) is -0.506. The van der Waals surface area contributed by atoms with Gasteiger partial charge in [-0.2, -0.15) is 0 Å². The molecular formula is C16H20BrNO4S. The lowest BCUT2D eigenvalue weighted by Gasteiger charge is -2.34. The molecule has 2 saturated heterocycles. The van der Waals surface area contributed by atoms with Crippen molar-refractivity contribution in [2.24, 2.45) is 0 Å². The predicted molar refractivity (Wildman–Crippen MR) is 91.4 cm³/mol. The van der Waals surface area contributed by atoms with Gasteiger partial charge >= 0.3 is 6.09 Å². The van der Waals surface area contributed by atoms with Crippen LogP contribution >= 0.6 is 27.3 Å². The molecule has 0 aliphatic carbocycles. The third kappa shape index (κ3) is 3.46. The van der Waals surface area contributed by atoms with Crippen LogP contribution in [0.25, 0.3) is 0 Å². The maximum atomic E-state index is 12.4. The molecule has 3 heterocycles. The fourth-order valence-corrected chi connectivity index (χ4v) is 4.55. The van der Waals surface area contributed by atoms with Crippen molar-refractivity contribution in [1.82, 2.24) is 4.90 Å². The maximum absolute atomic E-state index is 12.4. The van der Waals surface area contributed by atoms with E-state index in [9.17, 15) is 9.59 Å². The Hall–Kier alpha value is -0.920. The van der Waals surface area contributed by atoms with Gasteiger partial charge in [-0.05, 0) is 39.3 Å². The number of morpholine rings is 1. The molecule has 5 nitrogen and oxygen atoms in total. The number of halogens is 1. The summed E-state index contributed by atoms with van der Waals surface area (Å²) in [6, 6.07) is 3.75. The topological polar surface area (TPSA) is 55.8 Å². The van der Waals surface area contributed by atoms with Gasteiger partial charge in [0.05, 0.1) is 28.9 Å². The summed E-state index contributed by atoms with van der Waals surface area (Å²) in [4.78, 5) is 27.6. The second-order valence-electron chi connectivity index (χ2n) is 6.87. The van der Waals surface area contributed by atoms with E-state index < -0.39 is 5.60 Å². The van der Waals surface area contributed by atoms with Crippen LogP contribution in [-0.4, -0.2) is 46.4 Å². The number of ketones is 1. The summed E-state index contributed by atoms with van der Waals surface area (Å²) >= 11 is 4.64. The van der Waals surface area contributed by atoms with E-state index in [4.69, 9.17) is 9.47 Å². The lowest BCUT2D eigenvalue weighted by Crippen LogP contribution is -2.45. The van der Waals surface area contributed by atoms with Gasteiger partial charge in [0.15, 0.2) is 5.78 Å². The van der Waals surface area contributed by atoms with Crippen LogP contribution in [0, 0.1) is 0 Å². The SMILES string of the molecule is CC(C)(C)OC(=O)N1C[C@H]2C[C@@H]1[C@H](c1ccc(C(=O)CBr)s1)O2. The molecule has 126 valence electrons. The normalized spacial score (nSPS) is 26.6. The second-order valence-corrected chi connectivity index (χ2v) is 8.55. The van der Waals surface area contributed by atoms with Crippen LogP contribution in [0.3, 0.4) is 0 Å². The third-order valence-electron chi connectivity index (χ3n) is 3.92. The summed E-state index contributed by atoms with van der Waals surface area (Å²) in [5.74, 6) is 0.0633. The number of rotatable bonds is 3. The molecule has 23 heavy (non-hydrogen) atoms. The number of hydrogen-bond acceptors (Lipinski definition) is 5. The fourth-order valence-electron chi connectivity index (χ4n) is 3.02. The lowest BCUT2D eigenvalue weighted by atomic mass is 10.1. The number of ether oxygens (including phenoxy) is 2. The van der Waals surface area contributed by atoms with E-state index in [1.807, 2.05) is 32.9 Å². The average Bonchev–Trinajstić information content (AvgIpc) is 3.18.